The molecule has 1 N–H and O–H groups in total. The maximum atomic E-state index is 12.9. The van der Waals surface area contributed by atoms with E-state index in [0.717, 1.165) is 5.56 Å². The fraction of sp³-hybridized carbons (Fsp3) is 0.200. The summed E-state index contributed by atoms with van der Waals surface area (Å²) in [4.78, 5) is 26.5. The van der Waals surface area contributed by atoms with Crippen LogP contribution in [0.4, 0.5) is 4.79 Å². The van der Waals surface area contributed by atoms with Gasteiger partial charge in [0.15, 0.2) is 0 Å². The molecule has 2 aromatic carbocycles. The summed E-state index contributed by atoms with van der Waals surface area (Å²) in [5, 5.41) is 3.56. The van der Waals surface area contributed by atoms with Gasteiger partial charge in [0, 0.05) is 12.7 Å². The van der Waals surface area contributed by atoms with Crippen LogP contribution in [0.2, 0.25) is 10.0 Å². The molecule has 0 aliphatic carbocycles. The molecule has 0 unspecified atom stereocenters. The lowest BCUT2D eigenvalue weighted by atomic mass is 9.95. The number of urea groups is 1. The first-order chi connectivity index (χ1) is 12.9. The van der Waals surface area contributed by atoms with E-state index in [2.05, 4.69) is 5.32 Å². The molecule has 0 saturated carbocycles. The van der Waals surface area contributed by atoms with Gasteiger partial charge < -0.3 is 15.0 Å². The second kappa shape index (κ2) is 8.03. The van der Waals surface area contributed by atoms with Crippen molar-refractivity contribution < 1.29 is 14.3 Å². The summed E-state index contributed by atoms with van der Waals surface area (Å²) in [5.41, 5.74) is 2.40. The third kappa shape index (κ3) is 4.10. The molecule has 1 atom stereocenters. The summed E-state index contributed by atoms with van der Waals surface area (Å²) in [6.07, 6.45) is 0. The van der Waals surface area contributed by atoms with Gasteiger partial charge in [-0.05, 0) is 30.2 Å². The van der Waals surface area contributed by atoms with Gasteiger partial charge in [-0.3, -0.25) is 0 Å². The van der Waals surface area contributed by atoms with Crippen LogP contribution >= 0.6 is 23.2 Å². The summed E-state index contributed by atoms with van der Waals surface area (Å²) in [5.74, 6) is -0.501. The Morgan fingerprint density at radius 3 is 2.52 bits per heavy atom. The molecule has 0 aromatic heterocycles. The fourth-order valence-electron chi connectivity index (χ4n) is 2.84. The van der Waals surface area contributed by atoms with Crippen molar-refractivity contribution in [2.24, 2.45) is 0 Å². The Morgan fingerprint density at radius 2 is 1.85 bits per heavy atom. The van der Waals surface area contributed by atoms with Crippen LogP contribution < -0.4 is 5.32 Å². The Hall–Kier alpha value is -2.50. The van der Waals surface area contributed by atoms with Crippen molar-refractivity contribution in [3.05, 3.63) is 81.0 Å². The minimum absolute atomic E-state index is 0.141. The number of hydrogen-bond acceptors (Lipinski definition) is 3. The van der Waals surface area contributed by atoms with Crippen LogP contribution in [0.15, 0.2) is 59.8 Å². The normalized spacial score (nSPS) is 17.0. The molecule has 1 aliphatic rings. The van der Waals surface area contributed by atoms with E-state index in [-0.39, 0.29) is 12.6 Å². The highest BCUT2D eigenvalue weighted by Gasteiger charge is 2.35. The number of ether oxygens (including phenoxy) is 1. The van der Waals surface area contributed by atoms with Crippen molar-refractivity contribution in [1.82, 2.24) is 10.2 Å². The van der Waals surface area contributed by atoms with E-state index in [1.165, 1.54) is 4.90 Å². The fourth-order valence-corrected chi connectivity index (χ4v) is 3.15. The van der Waals surface area contributed by atoms with Crippen LogP contribution in [0, 0.1) is 0 Å². The number of nitrogens with one attached hydrogen (secondary N) is 1. The molecule has 1 heterocycles. The topological polar surface area (TPSA) is 58.6 Å². The monoisotopic (exact) mass is 404 g/mol. The zero-order chi connectivity index (χ0) is 19.6. The first-order valence-electron chi connectivity index (χ1n) is 8.29. The average molecular weight is 405 g/mol. The van der Waals surface area contributed by atoms with Gasteiger partial charge in [-0.1, -0.05) is 59.6 Å². The molecule has 2 aromatic rings. The van der Waals surface area contributed by atoms with Crippen LogP contribution in [0.3, 0.4) is 0 Å². The molecular weight excluding hydrogens is 387 g/mol. The number of nitrogens with zero attached hydrogens (tertiary/aromatic N) is 1. The quantitative estimate of drug-likeness (QED) is 0.750. The van der Waals surface area contributed by atoms with E-state index >= 15 is 0 Å². The van der Waals surface area contributed by atoms with Crippen LogP contribution in [-0.4, -0.2) is 23.9 Å². The first-order valence-corrected chi connectivity index (χ1v) is 9.05. The summed E-state index contributed by atoms with van der Waals surface area (Å²) < 4.78 is 5.49. The second-order valence-corrected chi connectivity index (χ2v) is 6.99. The zero-order valence-corrected chi connectivity index (χ0v) is 16.3. The SMILES string of the molecule is CC1=C(C(=O)OCc2ccccc2)[C@H](c2ccc(Cl)c(Cl)c2)NC(=O)N1C. The van der Waals surface area contributed by atoms with Crippen molar-refractivity contribution >= 4 is 35.2 Å². The number of amides is 2. The summed E-state index contributed by atoms with van der Waals surface area (Å²) in [6.45, 7) is 1.85. The minimum Gasteiger partial charge on any atom is -0.457 e. The Kier molecular flexibility index (Phi) is 5.73. The van der Waals surface area contributed by atoms with Gasteiger partial charge in [0.05, 0.1) is 21.7 Å². The summed E-state index contributed by atoms with van der Waals surface area (Å²) in [7, 11) is 1.60. The summed E-state index contributed by atoms with van der Waals surface area (Å²) >= 11 is 12.1. The molecule has 0 radical (unpaired) electrons. The van der Waals surface area contributed by atoms with E-state index in [1.54, 1.807) is 32.2 Å². The highest BCUT2D eigenvalue weighted by atomic mass is 35.5. The number of esters is 1. The second-order valence-electron chi connectivity index (χ2n) is 6.18. The number of hydrogen-bond donors (Lipinski definition) is 1. The molecule has 0 bridgehead atoms. The van der Waals surface area contributed by atoms with Gasteiger partial charge in [0.2, 0.25) is 0 Å². The number of benzene rings is 2. The number of rotatable bonds is 4. The van der Waals surface area contributed by atoms with E-state index in [9.17, 15) is 9.59 Å². The highest BCUT2D eigenvalue weighted by molar-refractivity contribution is 6.42. The lowest BCUT2D eigenvalue weighted by Gasteiger charge is -2.33. The van der Waals surface area contributed by atoms with E-state index in [0.29, 0.717) is 26.9 Å². The average Bonchev–Trinajstić information content (AvgIpc) is 2.67. The van der Waals surface area contributed by atoms with Gasteiger partial charge in [0.25, 0.3) is 0 Å². The molecule has 2 amide bonds. The molecule has 7 heteroatoms. The van der Waals surface area contributed by atoms with Crippen molar-refractivity contribution in [3.8, 4) is 0 Å². The largest absolute Gasteiger partial charge is 0.457 e. The van der Waals surface area contributed by atoms with Crippen molar-refractivity contribution in [3.63, 3.8) is 0 Å². The maximum Gasteiger partial charge on any atom is 0.338 e. The predicted octanol–water partition coefficient (Wildman–Crippen LogP) is 4.71. The molecule has 3 rings (SSSR count). The van der Waals surface area contributed by atoms with E-state index in [1.807, 2.05) is 30.3 Å². The van der Waals surface area contributed by atoms with Gasteiger partial charge in [-0.2, -0.15) is 0 Å². The van der Waals surface area contributed by atoms with Gasteiger partial charge >= 0.3 is 12.0 Å². The summed E-state index contributed by atoms with van der Waals surface area (Å²) in [6, 6.07) is 13.4. The predicted molar refractivity (Wildman–Crippen MR) is 104 cm³/mol. The Bertz CT molecular complexity index is 913. The molecule has 0 saturated heterocycles. The molecule has 0 fully saturated rings. The molecule has 1 aliphatic heterocycles. The Balaban J connectivity index is 1.92. The Morgan fingerprint density at radius 1 is 1.15 bits per heavy atom. The van der Waals surface area contributed by atoms with Crippen LogP contribution in [0.5, 0.6) is 0 Å². The minimum atomic E-state index is -0.674. The number of halogens is 2. The molecule has 5 nitrogen and oxygen atoms in total. The number of carbonyl (C=O) groups is 2. The van der Waals surface area contributed by atoms with E-state index in [4.69, 9.17) is 27.9 Å². The number of carbonyl (C=O) groups excluding carboxylic acids is 2. The molecule has 27 heavy (non-hydrogen) atoms. The first kappa shape index (κ1) is 19.3. The zero-order valence-electron chi connectivity index (χ0n) is 14.8. The molecule has 0 spiro atoms. The lowest BCUT2D eigenvalue weighted by molar-refractivity contribution is -0.141. The molecule has 140 valence electrons. The lowest BCUT2D eigenvalue weighted by Crippen LogP contribution is -2.46. The van der Waals surface area contributed by atoms with Crippen LogP contribution in [0.25, 0.3) is 0 Å². The number of allylic oxidation sites excluding steroid dienone is 1. The van der Waals surface area contributed by atoms with Gasteiger partial charge in [-0.25, -0.2) is 9.59 Å². The standard InChI is InChI=1S/C20H18Cl2N2O3/c1-12-17(19(25)27-11-13-6-4-3-5-7-13)18(23-20(26)24(12)2)14-8-9-15(21)16(22)10-14/h3-10,18H,11H2,1-2H3,(H,23,26)/t18-/m0/s1. The smallest absolute Gasteiger partial charge is 0.338 e. The van der Waals surface area contributed by atoms with Crippen molar-refractivity contribution in [2.75, 3.05) is 7.05 Å². The van der Waals surface area contributed by atoms with E-state index < -0.39 is 12.0 Å². The third-order valence-electron chi connectivity index (χ3n) is 4.46. The van der Waals surface area contributed by atoms with Gasteiger partial charge in [-0.15, -0.1) is 0 Å². The maximum absolute atomic E-state index is 12.9. The van der Waals surface area contributed by atoms with Crippen LogP contribution in [0.1, 0.15) is 24.1 Å². The van der Waals surface area contributed by atoms with Crippen LogP contribution in [-0.2, 0) is 16.1 Å². The Labute approximate surface area is 167 Å². The molecular formula is C20H18Cl2N2O3. The third-order valence-corrected chi connectivity index (χ3v) is 5.20. The van der Waals surface area contributed by atoms with Crippen molar-refractivity contribution in [1.29, 1.82) is 0 Å². The van der Waals surface area contributed by atoms with Crippen molar-refractivity contribution in [2.45, 2.75) is 19.6 Å². The highest BCUT2D eigenvalue weighted by Crippen LogP contribution is 2.33. The van der Waals surface area contributed by atoms with Gasteiger partial charge in [0.1, 0.15) is 6.61 Å².